The number of carbonyl (C=O) groups is 1. The molecule has 4 nitrogen and oxygen atoms in total. The summed E-state index contributed by atoms with van der Waals surface area (Å²) >= 11 is 0. The van der Waals surface area contributed by atoms with Gasteiger partial charge in [-0.05, 0) is 50.2 Å². The molecule has 25 heavy (non-hydrogen) atoms. The Kier molecular flexibility index (Phi) is 6.51. The minimum atomic E-state index is 0.0675. The number of benzene rings is 1. The summed E-state index contributed by atoms with van der Waals surface area (Å²) < 4.78 is 0. The van der Waals surface area contributed by atoms with Crippen LogP contribution in [-0.4, -0.2) is 48.6 Å². The fourth-order valence-corrected chi connectivity index (χ4v) is 3.70. The number of rotatable bonds is 5. The monoisotopic (exact) mass is 341 g/mol. The second-order valence-corrected chi connectivity index (χ2v) is 7.27. The highest BCUT2D eigenvalue weighted by molar-refractivity contribution is 5.74. The lowest BCUT2D eigenvalue weighted by Gasteiger charge is -2.35. The van der Waals surface area contributed by atoms with E-state index in [0.717, 1.165) is 32.7 Å². The molecule has 1 aliphatic carbocycles. The molecule has 0 spiro atoms. The fraction of sp³-hybridized carbons (Fsp3) is 0.571. The van der Waals surface area contributed by atoms with Crippen LogP contribution in [0.1, 0.15) is 43.2 Å². The second kappa shape index (κ2) is 9.04. The Hall–Kier alpha value is -1.81. The molecule has 1 aromatic rings. The van der Waals surface area contributed by atoms with E-state index in [2.05, 4.69) is 35.3 Å². The van der Waals surface area contributed by atoms with Gasteiger partial charge in [-0.3, -0.25) is 4.90 Å². The van der Waals surface area contributed by atoms with Crippen molar-refractivity contribution in [2.75, 3.05) is 32.7 Å². The number of amides is 2. The molecule has 3 rings (SSSR count). The van der Waals surface area contributed by atoms with Crippen LogP contribution < -0.4 is 5.32 Å². The molecule has 0 radical (unpaired) electrons. The first-order chi connectivity index (χ1) is 12.2. The van der Waals surface area contributed by atoms with Crippen LogP contribution in [0.25, 0.3) is 0 Å². The summed E-state index contributed by atoms with van der Waals surface area (Å²) in [6.07, 6.45) is 8.93. The lowest BCUT2D eigenvalue weighted by atomic mass is 9.97. The number of aryl methyl sites for hydroxylation is 1. The van der Waals surface area contributed by atoms with Crippen LogP contribution in [0.4, 0.5) is 4.79 Å². The smallest absolute Gasteiger partial charge is 0.317 e. The Labute approximate surface area is 151 Å². The molecule has 1 aromatic carbocycles. The van der Waals surface area contributed by atoms with E-state index in [1.165, 1.54) is 43.2 Å². The van der Waals surface area contributed by atoms with Crippen LogP contribution >= 0.6 is 0 Å². The number of allylic oxidation sites excluding steroid dienone is 1. The first-order valence-electron chi connectivity index (χ1n) is 9.70. The van der Waals surface area contributed by atoms with Crippen LogP contribution in [0, 0.1) is 6.92 Å². The molecule has 1 aliphatic heterocycles. The van der Waals surface area contributed by atoms with Gasteiger partial charge in [-0.25, -0.2) is 4.79 Å². The third kappa shape index (κ3) is 5.33. The summed E-state index contributed by atoms with van der Waals surface area (Å²) in [5, 5.41) is 3.07. The van der Waals surface area contributed by atoms with E-state index in [0.29, 0.717) is 6.54 Å². The van der Waals surface area contributed by atoms with Gasteiger partial charge in [-0.2, -0.15) is 0 Å². The molecule has 1 heterocycles. The zero-order valence-corrected chi connectivity index (χ0v) is 15.5. The molecule has 0 atom stereocenters. The van der Waals surface area contributed by atoms with Gasteiger partial charge >= 0.3 is 6.03 Å². The molecule has 0 saturated carbocycles. The second-order valence-electron chi connectivity index (χ2n) is 7.27. The SMILES string of the molecule is Cc1ccccc1CNC(=O)N1CCN(CCC2=CCCCC2)CC1. The Balaban J connectivity index is 1.37. The zero-order valence-electron chi connectivity index (χ0n) is 15.5. The van der Waals surface area contributed by atoms with E-state index in [-0.39, 0.29) is 6.03 Å². The Morgan fingerprint density at radius 3 is 2.64 bits per heavy atom. The Morgan fingerprint density at radius 1 is 1.12 bits per heavy atom. The summed E-state index contributed by atoms with van der Waals surface area (Å²) in [5.41, 5.74) is 4.06. The highest BCUT2D eigenvalue weighted by atomic mass is 16.2. The fourth-order valence-electron chi connectivity index (χ4n) is 3.70. The van der Waals surface area contributed by atoms with Crippen molar-refractivity contribution in [2.24, 2.45) is 0 Å². The summed E-state index contributed by atoms with van der Waals surface area (Å²) in [6, 6.07) is 8.28. The molecular formula is C21H31N3O. The van der Waals surface area contributed by atoms with Gasteiger partial charge < -0.3 is 10.2 Å². The maximum absolute atomic E-state index is 12.4. The lowest BCUT2D eigenvalue weighted by molar-refractivity contribution is 0.139. The molecule has 0 unspecified atom stereocenters. The molecule has 2 aliphatic rings. The number of nitrogens with zero attached hydrogens (tertiary/aromatic N) is 2. The van der Waals surface area contributed by atoms with Gasteiger partial charge in [0.25, 0.3) is 0 Å². The van der Waals surface area contributed by atoms with Crippen molar-refractivity contribution < 1.29 is 4.79 Å². The van der Waals surface area contributed by atoms with Crippen LogP contribution in [-0.2, 0) is 6.54 Å². The van der Waals surface area contributed by atoms with Crippen LogP contribution in [0.15, 0.2) is 35.9 Å². The van der Waals surface area contributed by atoms with Crippen molar-refractivity contribution in [3.63, 3.8) is 0 Å². The minimum absolute atomic E-state index is 0.0675. The number of urea groups is 1. The topological polar surface area (TPSA) is 35.6 Å². The third-order valence-electron chi connectivity index (χ3n) is 5.48. The molecule has 136 valence electrons. The number of nitrogens with one attached hydrogen (secondary N) is 1. The molecule has 1 N–H and O–H groups in total. The first-order valence-corrected chi connectivity index (χ1v) is 9.70. The quantitative estimate of drug-likeness (QED) is 0.829. The predicted molar refractivity (Wildman–Crippen MR) is 103 cm³/mol. The highest BCUT2D eigenvalue weighted by Crippen LogP contribution is 2.20. The van der Waals surface area contributed by atoms with E-state index in [1.54, 1.807) is 5.57 Å². The maximum atomic E-state index is 12.4. The van der Waals surface area contributed by atoms with Gasteiger partial charge in [-0.1, -0.05) is 35.9 Å². The van der Waals surface area contributed by atoms with Gasteiger partial charge in [0.2, 0.25) is 0 Å². The van der Waals surface area contributed by atoms with Gasteiger partial charge in [-0.15, -0.1) is 0 Å². The number of hydrogen-bond donors (Lipinski definition) is 1. The van der Waals surface area contributed by atoms with Gasteiger partial charge in [0, 0.05) is 39.3 Å². The molecular weight excluding hydrogens is 310 g/mol. The van der Waals surface area contributed by atoms with Crippen molar-refractivity contribution in [3.8, 4) is 0 Å². The first kappa shape index (κ1) is 18.0. The van der Waals surface area contributed by atoms with Crippen LogP contribution in [0.3, 0.4) is 0 Å². The largest absolute Gasteiger partial charge is 0.334 e. The molecule has 0 aromatic heterocycles. The van der Waals surface area contributed by atoms with Gasteiger partial charge in [0.1, 0.15) is 0 Å². The van der Waals surface area contributed by atoms with E-state index in [1.807, 2.05) is 17.0 Å². The van der Waals surface area contributed by atoms with Crippen LogP contribution in [0.2, 0.25) is 0 Å². The van der Waals surface area contributed by atoms with Crippen molar-refractivity contribution in [3.05, 3.63) is 47.0 Å². The average Bonchev–Trinajstić information content (AvgIpc) is 2.67. The Bertz CT molecular complexity index is 603. The molecule has 0 bridgehead atoms. The highest BCUT2D eigenvalue weighted by Gasteiger charge is 2.21. The lowest BCUT2D eigenvalue weighted by Crippen LogP contribution is -2.51. The molecule has 4 heteroatoms. The standard InChI is InChI=1S/C21H31N3O/c1-18-7-5-6-10-20(18)17-22-21(25)24-15-13-23(14-16-24)12-11-19-8-3-2-4-9-19/h5-8,10H,2-4,9,11-17H2,1H3,(H,22,25). The number of hydrogen-bond acceptors (Lipinski definition) is 2. The predicted octanol–water partition coefficient (Wildman–Crippen LogP) is 3.71. The number of piperazine rings is 1. The number of carbonyl (C=O) groups excluding carboxylic acids is 1. The molecule has 1 fully saturated rings. The summed E-state index contributed by atoms with van der Waals surface area (Å²) in [7, 11) is 0. The van der Waals surface area contributed by atoms with Crippen LogP contribution in [0.5, 0.6) is 0 Å². The molecule has 2 amide bonds. The average molecular weight is 341 g/mol. The van der Waals surface area contributed by atoms with Gasteiger partial charge in [0.15, 0.2) is 0 Å². The Morgan fingerprint density at radius 2 is 1.92 bits per heavy atom. The normalized spacial score (nSPS) is 18.8. The van der Waals surface area contributed by atoms with Crippen molar-refractivity contribution in [1.82, 2.24) is 15.1 Å². The van der Waals surface area contributed by atoms with Crippen molar-refractivity contribution in [1.29, 1.82) is 0 Å². The van der Waals surface area contributed by atoms with E-state index in [9.17, 15) is 4.79 Å². The van der Waals surface area contributed by atoms with E-state index in [4.69, 9.17) is 0 Å². The molecule has 1 saturated heterocycles. The summed E-state index contributed by atoms with van der Waals surface area (Å²) in [4.78, 5) is 16.8. The third-order valence-corrected chi connectivity index (χ3v) is 5.48. The van der Waals surface area contributed by atoms with Crippen molar-refractivity contribution >= 4 is 6.03 Å². The van der Waals surface area contributed by atoms with Gasteiger partial charge in [0.05, 0.1) is 0 Å². The van der Waals surface area contributed by atoms with E-state index >= 15 is 0 Å². The summed E-state index contributed by atoms with van der Waals surface area (Å²) in [6.45, 7) is 7.49. The zero-order chi connectivity index (χ0) is 17.5. The maximum Gasteiger partial charge on any atom is 0.317 e. The van der Waals surface area contributed by atoms with Crippen molar-refractivity contribution in [2.45, 2.75) is 45.6 Å². The van der Waals surface area contributed by atoms with E-state index < -0.39 is 0 Å². The minimum Gasteiger partial charge on any atom is -0.334 e. The summed E-state index contributed by atoms with van der Waals surface area (Å²) in [5.74, 6) is 0.